The van der Waals surface area contributed by atoms with Gasteiger partial charge in [0.1, 0.15) is 27.8 Å². The Morgan fingerprint density at radius 2 is 1.85 bits per heavy atom. The van der Waals surface area contributed by atoms with Crippen LogP contribution in [0.25, 0.3) is 0 Å². The number of amides is 2. The molecule has 0 unspecified atom stereocenters. The van der Waals surface area contributed by atoms with Crippen molar-refractivity contribution in [2.24, 2.45) is 9.81 Å². The smallest absolute Gasteiger partial charge is 0.283 e. The molecule has 2 heterocycles. The van der Waals surface area contributed by atoms with Crippen molar-refractivity contribution >= 4 is 28.1 Å². The maximum atomic E-state index is 13.6. The molecule has 2 N–H and O–H groups in total. The van der Waals surface area contributed by atoms with Crippen molar-refractivity contribution in [3.63, 3.8) is 0 Å². The number of fused-ring (bicyclic) bond motifs is 1. The Bertz CT molecular complexity index is 1340. The van der Waals surface area contributed by atoms with Crippen molar-refractivity contribution in [3.05, 3.63) is 76.3 Å². The van der Waals surface area contributed by atoms with Crippen molar-refractivity contribution in [3.8, 4) is 0 Å². The topological polar surface area (TPSA) is 116 Å². The lowest BCUT2D eigenvalue weighted by atomic mass is 9.84. The van der Waals surface area contributed by atoms with Crippen LogP contribution >= 0.6 is 0 Å². The summed E-state index contributed by atoms with van der Waals surface area (Å²) in [6.07, 6.45) is 0.457. The third kappa shape index (κ3) is 3.98. The number of aliphatic hydroxyl groups is 1. The lowest BCUT2D eigenvalue weighted by Gasteiger charge is -2.35. The fourth-order valence-corrected chi connectivity index (χ4v) is 5.90. The van der Waals surface area contributed by atoms with Gasteiger partial charge in [0.25, 0.3) is 15.9 Å². The van der Waals surface area contributed by atoms with Crippen molar-refractivity contribution in [1.82, 2.24) is 10.2 Å². The molecule has 34 heavy (non-hydrogen) atoms. The van der Waals surface area contributed by atoms with Gasteiger partial charge in [-0.1, -0.05) is 51.1 Å². The molecular weight excluding hydrogens is 461 g/mol. The van der Waals surface area contributed by atoms with Crippen LogP contribution in [0.1, 0.15) is 37.5 Å². The second-order valence-corrected chi connectivity index (χ2v) is 10.8. The van der Waals surface area contributed by atoms with Crippen molar-refractivity contribution in [2.45, 2.75) is 44.8 Å². The quantitative estimate of drug-likeness (QED) is 0.611. The molecule has 0 saturated heterocycles. The number of carbonyl (C=O) groups excluding carboxylic acids is 2. The molecule has 2 aliphatic heterocycles. The van der Waals surface area contributed by atoms with E-state index in [2.05, 4.69) is 9.71 Å². The van der Waals surface area contributed by atoms with Gasteiger partial charge < -0.3 is 15.3 Å². The van der Waals surface area contributed by atoms with Crippen molar-refractivity contribution in [2.75, 3.05) is 0 Å². The van der Waals surface area contributed by atoms with Gasteiger partial charge in [0.2, 0.25) is 6.41 Å². The van der Waals surface area contributed by atoms with Gasteiger partial charge in [-0.25, -0.2) is 4.39 Å². The first kappa shape index (κ1) is 23.6. The van der Waals surface area contributed by atoms with Crippen LogP contribution in [0.4, 0.5) is 4.39 Å². The van der Waals surface area contributed by atoms with Gasteiger partial charge in [0.05, 0.1) is 6.04 Å². The maximum Gasteiger partial charge on any atom is 0.283 e. The molecule has 2 aliphatic rings. The predicted molar refractivity (Wildman–Crippen MR) is 123 cm³/mol. The summed E-state index contributed by atoms with van der Waals surface area (Å²) in [4.78, 5) is 25.7. The van der Waals surface area contributed by atoms with Crippen LogP contribution in [0.15, 0.2) is 63.1 Å². The van der Waals surface area contributed by atoms with E-state index in [1.165, 1.54) is 23.1 Å². The molecule has 0 fully saturated rings. The first-order valence-electron chi connectivity index (χ1n) is 10.6. The number of rotatable bonds is 6. The number of carbonyl (C=O) groups is 2. The number of sulfonamides is 1. The SMILES string of the molecule is CC(C)(C)[C@H]1C(O)=C(C2=NS(=O)(=O)c3c(CNC=O)cccc32)C(=O)N1Cc1ccc(F)cc1. The molecule has 178 valence electrons. The Morgan fingerprint density at radius 3 is 2.47 bits per heavy atom. The minimum absolute atomic E-state index is 0.0328. The normalized spacial score (nSPS) is 19.3. The lowest BCUT2D eigenvalue weighted by molar-refractivity contribution is -0.129. The summed E-state index contributed by atoms with van der Waals surface area (Å²) in [6, 6.07) is 9.59. The summed E-state index contributed by atoms with van der Waals surface area (Å²) in [7, 11) is -4.16. The van der Waals surface area contributed by atoms with Gasteiger partial charge in [-0.2, -0.15) is 12.8 Å². The van der Waals surface area contributed by atoms with E-state index in [0.717, 1.165) is 0 Å². The van der Waals surface area contributed by atoms with E-state index in [-0.39, 0.29) is 40.6 Å². The zero-order valence-corrected chi connectivity index (χ0v) is 19.7. The van der Waals surface area contributed by atoms with Crippen LogP contribution in [-0.2, 0) is 32.7 Å². The fraction of sp³-hybridized carbons (Fsp3) is 0.292. The minimum atomic E-state index is -4.16. The first-order valence-corrected chi connectivity index (χ1v) is 12.0. The Balaban J connectivity index is 1.82. The fourth-order valence-electron chi connectivity index (χ4n) is 4.47. The summed E-state index contributed by atoms with van der Waals surface area (Å²) in [5, 5.41) is 13.7. The van der Waals surface area contributed by atoms with Crippen LogP contribution in [0.2, 0.25) is 0 Å². The average molecular weight is 486 g/mol. The van der Waals surface area contributed by atoms with Gasteiger partial charge >= 0.3 is 0 Å². The summed E-state index contributed by atoms with van der Waals surface area (Å²) < 4.78 is 43.1. The number of aliphatic hydroxyl groups excluding tert-OH is 1. The van der Waals surface area contributed by atoms with Crippen LogP contribution in [0, 0.1) is 11.2 Å². The lowest BCUT2D eigenvalue weighted by Crippen LogP contribution is -2.43. The highest BCUT2D eigenvalue weighted by molar-refractivity contribution is 7.90. The van der Waals surface area contributed by atoms with E-state index >= 15 is 0 Å². The zero-order valence-electron chi connectivity index (χ0n) is 18.9. The summed E-state index contributed by atoms with van der Waals surface area (Å²) in [6.45, 7) is 5.62. The van der Waals surface area contributed by atoms with Gasteiger partial charge in [-0.3, -0.25) is 9.59 Å². The van der Waals surface area contributed by atoms with Gasteiger partial charge in [0.15, 0.2) is 0 Å². The van der Waals surface area contributed by atoms with Gasteiger partial charge in [-0.05, 0) is 28.7 Å². The molecule has 0 aliphatic carbocycles. The molecule has 0 aromatic heterocycles. The molecule has 2 amide bonds. The standard InChI is InChI=1S/C24H24FN3O5S/c1-24(2,3)22-20(30)18(23(31)28(22)12-14-7-9-16(25)10-8-14)19-17-6-4-5-15(11-26-13-29)21(17)34(32,33)27-19/h4-10,13,22,30H,11-12H2,1-3H3,(H,26,29)/t22-/m1/s1. The predicted octanol–water partition coefficient (Wildman–Crippen LogP) is 2.83. The van der Waals surface area contributed by atoms with Crippen LogP contribution in [0.5, 0.6) is 0 Å². The Hall–Kier alpha value is -3.53. The van der Waals surface area contributed by atoms with E-state index in [1.54, 1.807) is 24.3 Å². The minimum Gasteiger partial charge on any atom is -0.509 e. The van der Waals surface area contributed by atoms with Crippen LogP contribution in [-0.4, -0.2) is 42.5 Å². The summed E-state index contributed by atoms with van der Waals surface area (Å²) >= 11 is 0. The number of hydrogen-bond acceptors (Lipinski definition) is 5. The number of nitrogens with one attached hydrogen (secondary N) is 1. The first-order chi connectivity index (χ1) is 16.0. The molecule has 2 aromatic rings. The molecule has 8 nitrogen and oxygen atoms in total. The molecule has 1 atom stereocenters. The molecule has 0 spiro atoms. The van der Waals surface area contributed by atoms with Crippen molar-refractivity contribution < 1.29 is 27.5 Å². The van der Waals surface area contributed by atoms with Crippen molar-refractivity contribution in [1.29, 1.82) is 0 Å². The third-order valence-corrected chi connectivity index (χ3v) is 7.24. The molecule has 4 rings (SSSR count). The second-order valence-electron chi connectivity index (χ2n) is 9.30. The number of nitrogens with zero attached hydrogens (tertiary/aromatic N) is 2. The highest BCUT2D eigenvalue weighted by Crippen LogP contribution is 2.41. The van der Waals surface area contributed by atoms with Crippen LogP contribution < -0.4 is 5.32 Å². The third-order valence-electron chi connectivity index (χ3n) is 5.82. The monoisotopic (exact) mass is 485 g/mol. The number of benzene rings is 2. The van der Waals surface area contributed by atoms with Crippen LogP contribution in [0.3, 0.4) is 0 Å². The molecule has 10 heteroatoms. The molecule has 0 bridgehead atoms. The van der Waals surface area contributed by atoms with E-state index in [9.17, 15) is 27.5 Å². The largest absolute Gasteiger partial charge is 0.509 e. The van der Waals surface area contributed by atoms with E-state index < -0.39 is 33.2 Å². The summed E-state index contributed by atoms with van der Waals surface area (Å²) in [5.74, 6) is -1.25. The highest BCUT2D eigenvalue weighted by Gasteiger charge is 2.49. The second kappa shape index (κ2) is 8.35. The van der Waals surface area contributed by atoms with E-state index in [4.69, 9.17) is 0 Å². The van der Waals surface area contributed by atoms with E-state index in [0.29, 0.717) is 17.5 Å². The molecule has 2 aromatic carbocycles. The van der Waals surface area contributed by atoms with E-state index in [1.807, 2.05) is 20.8 Å². The molecule has 0 saturated carbocycles. The van der Waals surface area contributed by atoms with Gasteiger partial charge in [-0.15, -0.1) is 0 Å². The molecule has 0 radical (unpaired) electrons. The average Bonchev–Trinajstić information content (AvgIpc) is 3.17. The Labute approximate surface area is 196 Å². The summed E-state index contributed by atoms with van der Waals surface area (Å²) in [5.41, 5.74) is 0.270. The number of hydrogen-bond donors (Lipinski definition) is 2. The Kier molecular flexibility index (Phi) is 5.80. The zero-order chi connectivity index (χ0) is 24.8. The maximum absolute atomic E-state index is 13.6. The number of halogens is 1. The highest BCUT2D eigenvalue weighted by atomic mass is 32.2. The Morgan fingerprint density at radius 1 is 1.18 bits per heavy atom. The van der Waals surface area contributed by atoms with Gasteiger partial charge in [0, 0.05) is 18.7 Å². The molecular formula is C24H24FN3O5S.